The lowest BCUT2D eigenvalue weighted by molar-refractivity contribution is 0.712. The van der Waals surface area contributed by atoms with Crippen LogP contribution in [-0.4, -0.2) is 10.2 Å². The SMILES string of the molecule is Cc1cccc(CC(N)c2ccnnc2)c1. The Bertz CT molecular complexity index is 454. The highest BCUT2D eigenvalue weighted by Gasteiger charge is 2.06. The Morgan fingerprint density at radius 2 is 2.12 bits per heavy atom. The lowest BCUT2D eigenvalue weighted by Gasteiger charge is -2.11. The minimum absolute atomic E-state index is 0.0164. The summed E-state index contributed by atoms with van der Waals surface area (Å²) in [6.45, 7) is 2.09. The number of nitrogens with zero attached hydrogens (tertiary/aromatic N) is 2. The van der Waals surface area contributed by atoms with E-state index in [1.165, 1.54) is 11.1 Å². The van der Waals surface area contributed by atoms with Crippen molar-refractivity contribution in [1.29, 1.82) is 0 Å². The molecule has 2 N–H and O–H groups in total. The van der Waals surface area contributed by atoms with Gasteiger partial charge in [0.1, 0.15) is 0 Å². The van der Waals surface area contributed by atoms with Gasteiger partial charge >= 0.3 is 0 Å². The molecule has 0 amide bonds. The first-order chi connectivity index (χ1) is 7.75. The van der Waals surface area contributed by atoms with Crippen molar-refractivity contribution in [3.8, 4) is 0 Å². The molecule has 0 radical (unpaired) electrons. The number of benzene rings is 1. The molecule has 1 unspecified atom stereocenters. The molecule has 2 aromatic rings. The zero-order chi connectivity index (χ0) is 11.4. The molecular weight excluding hydrogens is 198 g/mol. The third-order valence-corrected chi connectivity index (χ3v) is 2.57. The highest BCUT2D eigenvalue weighted by atomic mass is 15.1. The van der Waals surface area contributed by atoms with Crippen LogP contribution in [-0.2, 0) is 6.42 Å². The van der Waals surface area contributed by atoms with Crippen LogP contribution in [0, 0.1) is 6.92 Å². The number of nitrogens with two attached hydrogens (primary N) is 1. The standard InChI is InChI=1S/C13H15N3/c1-10-3-2-4-11(7-10)8-13(14)12-5-6-15-16-9-12/h2-7,9,13H,8,14H2,1H3. The lowest BCUT2D eigenvalue weighted by Crippen LogP contribution is -2.13. The molecule has 82 valence electrons. The maximum absolute atomic E-state index is 6.11. The minimum atomic E-state index is -0.0164. The van der Waals surface area contributed by atoms with Gasteiger partial charge in [0.25, 0.3) is 0 Å². The fourth-order valence-corrected chi connectivity index (χ4v) is 1.73. The second-order valence-electron chi connectivity index (χ2n) is 3.98. The third-order valence-electron chi connectivity index (χ3n) is 2.57. The fraction of sp³-hybridized carbons (Fsp3) is 0.231. The Balaban J connectivity index is 2.11. The van der Waals surface area contributed by atoms with Crippen molar-refractivity contribution >= 4 is 0 Å². The molecule has 1 heterocycles. The van der Waals surface area contributed by atoms with Crippen LogP contribution in [0.2, 0.25) is 0 Å². The molecule has 3 heteroatoms. The molecule has 1 aromatic carbocycles. The monoisotopic (exact) mass is 213 g/mol. The first-order valence-corrected chi connectivity index (χ1v) is 5.33. The molecule has 0 fully saturated rings. The summed E-state index contributed by atoms with van der Waals surface area (Å²) in [7, 11) is 0. The molecule has 0 spiro atoms. The van der Waals surface area contributed by atoms with E-state index in [-0.39, 0.29) is 6.04 Å². The van der Waals surface area contributed by atoms with Crippen LogP contribution in [0.3, 0.4) is 0 Å². The van der Waals surface area contributed by atoms with Crippen LogP contribution in [0.25, 0.3) is 0 Å². The largest absolute Gasteiger partial charge is 0.324 e. The predicted octanol–water partition coefficient (Wildman–Crippen LogP) is 2.03. The van der Waals surface area contributed by atoms with Gasteiger partial charge in [-0.3, -0.25) is 0 Å². The minimum Gasteiger partial charge on any atom is -0.324 e. The zero-order valence-corrected chi connectivity index (χ0v) is 9.30. The van der Waals surface area contributed by atoms with E-state index >= 15 is 0 Å². The van der Waals surface area contributed by atoms with Gasteiger partial charge in [0.15, 0.2) is 0 Å². The summed E-state index contributed by atoms with van der Waals surface area (Å²) in [5.41, 5.74) is 9.65. The Labute approximate surface area is 95.3 Å². The molecule has 0 aliphatic heterocycles. The van der Waals surface area contributed by atoms with E-state index in [0.29, 0.717) is 0 Å². The Morgan fingerprint density at radius 1 is 1.25 bits per heavy atom. The summed E-state index contributed by atoms with van der Waals surface area (Å²) < 4.78 is 0. The van der Waals surface area contributed by atoms with Gasteiger partial charge in [-0.05, 0) is 30.5 Å². The van der Waals surface area contributed by atoms with E-state index in [9.17, 15) is 0 Å². The summed E-state index contributed by atoms with van der Waals surface area (Å²) >= 11 is 0. The van der Waals surface area contributed by atoms with Gasteiger partial charge in [0.2, 0.25) is 0 Å². The molecule has 2 rings (SSSR count). The van der Waals surface area contributed by atoms with Gasteiger partial charge < -0.3 is 5.73 Å². The molecule has 1 aromatic heterocycles. The van der Waals surface area contributed by atoms with E-state index < -0.39 is 0 Å². The average molecular weight is 213 g/mol. The third kappa shape index (κ3) is 2.64. The van der Waals surface area contributed by atoms with E-state index in [4.69, 9.17) is 5.73 Å². The molecule has 1 atom stereocenters. The van der Waals surface area contributed by atoms with E-state index in [1.54, 1.807) is 12.4 Å². The van der Waals surface area contributed by atoms with E-state index in [0.717, 1.165) is 12.0 Å². The molecule has 0 aliphatic carbocycles. The maximum Gasteiger partial charge on any atom is 0.0544 e. The van der Waals surface area contributed by atoms with Crippen molar-refractivity contribution in [3.05, 3.63) is 59.4 Å². The summed E-state index contributed by atoms with van der Waals surface area (Å²) in [6, 6.07) is 10.3. The molecule has 3 nitrogen and oxygen atoms in total. The highest BCUT2D eigenvalue weighted by Crippen LogP contribution is 2.15. The topological polar surface area (TPSA) is 51.8 Å². The average Bonchev–Trinajstić information content (AvgIpc) is 2.30. The van der Waals surface area contributed by atoms with Crippen LogP contribution < -0.4 is 5.73 Å². The van der Waals surface area contributed by atoms with Gasteiger partial charge in [-0.15, -0.1) is 0 Å². The summed E-state index contributed by atoms with van der Waals surface area (Å²) in [5.74, 6) is 0. The zero-order valence-electron chi connectivity index (χ0n) is 9.30. The number of hydrogen-bond acceptors (Lipinski definition) is 3. The number of aromatic nitrogens is 2. The van der Waals surface area contributed by atoms with E-state index in [2.05, 4.69) is 41.4 Å². The van der Waals surface area contributed by atoms with Crippen LogP contribution in [0.4, 0.5) is 0 Å². The normalized spacial score (nSPS) is 12.4. The molecule has 0 saturated carbocycles. The lowest BCUT2D eigenvalue weighted by atomic mass is 10.0. The van der Waals surface area contributed by atoms with Crippen LogP contribution in [0.1, 0.15) is 22.7 Å². The summed E-state index contributed by atoms with van der Waals surface area (Å²) in [4.78, 5) is 0. The first-order valence-electron chi connectivity index (χ1n) is 5.33. The number of rotatable bonds is 3. The van der Waals surface area contributed by atoms with Crippen molar-refractivity contribution in [2.75, 3.05) is 0 Å². The quantitative estimate of drug-likeness (QED) is 0.848. The molecule has 0 bridgehead atoms. The van der Waals surface area contributed by atoms with Crippen LogP contribution in [0.15, 0.2) is 42.7 Å². The van der Waals surface area contributed by atoms with Crippen molar-refractivity contribution in [3.63, 3.8) is 0 Å². The van der Waals surface area contributed by atoms with Gasteiger partial charge in [0, 0.05) is 12.2 Å². The van der Waals surface area contributed by atoms with Crippen molar-refractivity contribution in [1.82, 2.24) is 10.2 Å². The van der Waals surface area contributed by atoms with Crippen LogP contribution >= 0.6 is 0 Å². The Morgan fingerprint density at radius 3 is 2.81 bits per heavy atom. The fourth-order valence-electron chi connectivity index (χ4n) is 1.73. The summed E-state index contributed by atoms with van der Waals surface area (Å²) in [5, 5.41) is 7.58. The molecular formula is C13H15N3. The molecule has 0 saturated heterocycles. The smallest absolute Gasteiger partial charge is 0.0544 e. The Hall–Kier alpha value is -1.74. The second-order valence-corrected chi connectivity index (χ2v) is 3.98. The van der Waals surface area contributed by atoms with Gasteiger partial charge in [-0.1, -0.05) is 29.8 Å². The van der Waals surface area contributed by atoms with Crippen LogP contribution in [0.5, 0.6) is 0 Å². The highest BCUT2D eigenvalue weighted by molar-refractivity contribution is 5.24. The van der Waals surface area contributed by atoms with Crippen molar-refractivity contribution in [2.45, 2.75) is 19.4 Å². The van der Waals surface area contributed by atoms with Gasteiger partial charge in [-0.25, -0.2) is 0 Å². The predicted molar refractivity (Wildman–Crippen MR) is 63.8 cm³/mol. The second kappa shape index (κ2) is 4.86. The van der Waals surface area contributed by atoms with E-state index in [1.807, 2.05) is 6.07 Å². The van der Waals surface area contributed by atoms with Crippen molar-refractivity contribution in [2.24, 2.45) is 5.73 Å². The molecule has 0 aliphatic rings. The first kappa shape index (κ1) is 10.8. The van der Waals surface area contributed by atoms with Crippen molar-refractivity contribution < 1.29 is 0 Å². The van der Waals surface area contributed by atoms with Gasteiger partial charge in [-0.2, -0.15) is 10.2 Å². The molecule has 16 heavy (non-hydrogen) atoms. The maximum atomic E-state index is 6.11. The number of aryl methyl sites for hydroxylation is 1. The number of hydrogen-bond donors (Lipinski definition) is 1. The Kier molecular flexibility index (Phi) is 3.27. The summed E-state index contributed by atoms with van der Waals surface area (Å²) in [6.07, 6.45) is 4.22. The van der Waals surface area contributed by atoms with Gasteiger partial charge in [0.05, 0.1) is 6.20 Å².